The van der Waals surface area contributed by atoms with Crippen LogP contribution in [0.2, 0.25) is 0 Å². The van der Waals surface area contributed by atoms with E-state index in [0.29, 0.717) is 44.3 Å². The molecule has 1 aromatic carbocycles. The van der Waals surface area contributed by atoms with Crippen molar-refractivity contribution in [3.8, 4) is 11.3 Å². The lowest BCUT2D eigenvalue weighted by Gasteiger charge is -2.37. The molecule has 3 heterocycles. The van der Waals surface area contributed by atoms with Gasteiger partial charge in [-0.3, -0.25) is 9.59 Å². The Morgan fingerprint density at radius 3 is 2.55 bits per heavy atom. The van der Waals surface area contributed by atoms with Crippen molar-refractivity contribution in [3.05, 3.63) is 41.8 Å². The second-order valence-corrected chi connectivity index (χ2v) is 8.50. The van der Waals surface area contributed by atoms with Crippen molar-refractivity contribution in [1.29, 1.82) is 0 Å². The number of hydrogen-bond acceptors (Lipinski definition) is 5. The van der Waals surface area contributed by atoms with Gasteiger partial charge in [0.2, 0.25) is 11.8 Å². The molecule has 0 aliphatic carbocycles. The SMILES string of the molecule is CC(=O)N1CCN(C(=O)C[C@H]2CCNC[C@@H]2Cc2cc(-c3ccc(F)cc3)on2)CC1. The monoisotopic (exact) mass is 428 g/mol. The van der Waals surface area contributed by atoms with E-state index in [1.54, 1.807) is 24.0 Å². The molecule has 1 N–H and O–H groups in total. The zero-order valence-electron chi connectivity index (χ0n) is 17.8. The van der Waals surface area contributed by atoms with Gasteiger partial charge in [-0.15, -0.1) is 0 Å². The summed E-state index contributed by atoms with van der Waals surface area (Å²) < 4.78 is 18.6. The molecule has 2 atom stereocenters. The molecule has 0 radical (unpaired) electrons. The molecule has 0 saturated carbocycles. The number of piperidine rings is 1. The first-order valence-electron chi connectivity index (χ1n) is 10.9. The van der Waals surface area contributed by atoms with Gasteiger partial charge in [0.05, 0.1) is 5.69 Å². The molecule has 2 aliphatic rings. The molecule has 1 aromatic heterocycles. The molecular weight excluding hydrogens is 399 g/mol. The topological polar surface area (TPSA) is 78.7 Å². The average molecular weight is 429 g/mol. The van der Waals surface area contributed by atoms with Gasteiger partial charge < -0.3 is 19.6 Å². The lowest BCUT2D eigenvalue weighted by Crippen LogP contribution is -2.51. The summed E-state index contributed by atoms with van der Waals surface area (Å²) in [4.78, 5) is 28.1. The highest BCUT2D eigenvalue weighted by Crippen LogP contribution is 2.29. The first kappa shape index (κ1) is 21.5. The molecule has 31 heavy (non-hydrogen) atoms. The maximum absolute atomic E-state index is 13.2. The van der Waals surface area contributed by atoms with Crippen LogP contribution in [0.5, 0.6) is 0 Å². The molecule has 2 saturated heterocycles. The molecule has 0 unspecified atom stereocenters. The number of nitrogens with zero attached hydrogens (tertiary/aromatic N) is 3. The summed E-state index contributed by atoms with van der Waals surface area (Å²) in [7, 11) is 0. The van der Waals surface area contributed by atoms with Crippen LogP contribution in [0.3, 0.4) is 0 Å². The van der Waals surface area contributed by atoms with Crippen molar-refractivity contribution in [2.75, 3.05) is 39.3 Å². The third-order valence-electron chi connectivity index (χ3n) is 6.44. The van der Waals surface area contributed by atoms with E-state index in [1.165, 1.54) is 12.1 Å². The highest BCUT2D eigenvalue weighted by molar-refractivity contribution is 5.77. The number of carbonyl (C=O) groups excluding carboxylic acids is 2. The molecule has 166 valence electrons. The van der Waals surface area contributed by atoms with Gasteiger partial charge in [0.1, 0.15) is 5.82 Å². The van der Waals surface area contributed by atoms with E-state index < -0.39 is 0 Å². The van der Waals surface area contributed by atoms with Crippen molar-refractivity contribution >= 4 is 11.8 Å². The lowest BCUT2D eigenvalue weighted by atomic mass is 9.81. The summed E-state index contributed by atoms with van der Waals surface area (Å²) in [6.07, 6.45) is 2.20. The van der Waals surface area contributed by atoms with Crippen LogP contribution in [0.1, 0.15) is 25.5 Å². The molecule has 2 fully saturated rings. The van der Waals surface area contributed by atoms with Crippen LogP contribution >= 0.6 is 0 Å². The third-order valence-corrected chi connectivity index (χ3v) is 6.44. The van der Waals surface area contributed by atoms with E-state index >= 15 is 0 Å². The van der Waals surface area contributed by atoms with Crippen LogP contribution in [0.25, 0.3) is 11.3 Å². The summed E-state index contributed by atoms with van der Waals surface area (Å²) in [5.74, 6) is 1.15. The molecule has 0 bridgehead atoms. The van der Waals surface area contributed by atoms with Crippen LogP contribution in [0.4, 0.5) is 4.39 Å². The van der Waals surface area contributed by atoms with Crippen molar-refractivity contribution in [1.82, 2.24) is 20.3 Å². The Bertz CT molecular complexity index is 906. The van der Waals surface area contributed by atoms with Gasteiger partial charge in [-0.05, 0) is 62.0 Å². The van der Waals surface area contributed by atoms with E-state index in [4.69, 9.17) is 4.52 Å². The van der Waals surface area contributed by atoms with Crippen molar-refractivity contribution in [3.63, 3.8) is 0 Å². The van der Waals surface area contributed by atoms with Gasteiger partial charge in [0, 0.05) is 51.2 Å². The number of rotatable bonds is 5. The largest absolute Gasteiger partial charge is 0.356 e. The summed E-state index contributed by atoms with van der Waals surface area (Å²) in [6.45, 7) is 5.77. The van der Waals surface area contributed by atoms with E-state index in [-0.39, 0.29) is 23.5 Å². The fraction of sp³-hybridized carbons (Fsp3) is 0.522. The standard InChI is InChI=1S/C23H29FN4O3/c1-16(29)27-8-10-28(11-9-27)23(30)13-18-6-7-25-15-19(18)12-21-14-22(31-26-21)17-2-4-20(24)5-3-17/h2-5,14,18-19,25H,6-13,15H2,1H3/t18-,19+/m1/s1. The summed E-state index contributed by atoms with van der Waals surface area (Å²) in [5, 5.41) is 7.64. The van der Waals surface area contributed by atoms with Crippen LogP contribution in [-0.4, -0.2) is 66.0 Å². The molecular formula is C23H29FN4O3. The molecule has 2 amide bonds. The van der Waals surface area contributed by atoms with Gasteiger partial charge in [-0.25, -0.2) is 4.39 Å². The van der Waals surface area contributed by atoms with Gasteiger partial charge in [0.15, 0.2) is 5.76 Å². The normalized spacial score (nSPS) is 21.9. The minimum atomic E-state index is -0.285. The molecule has 7 nitrogen and oxygen atoms in total. The number of carbonyl (C=O) groups is 2. The van der Waals surface area contributed by atoms with Crippen LogP contribution in [0.15, 0.2) is 34.9 Å². The van der Waals surface area contributed by atoms with Crippen LogP contribution in [-0.2, 0) is 16.0 Å². The zero-order valence-corrected chi connectivity index (χ0v) is 17.8. The van der Waals surface area contributed by atoms with Crippen molar-refractivity contribution < 1.29 is 18.5 Å². The maximum Gasteiger partial charge on any atom is 0.222 e. The lowest BCUT2D eigenvalue weighted by molar-refractivity contribution is -0.139. The second-order valence-electron chi connectivity index (χ2n) is 8.50. The third kappa shape index (κ3) is 5.31. The first-order valence-corrected chi connectivity index (χ1v) is 10.9. The molecule has 8 heteroatoms. The maximum atomic E-state index is 13.2. The van der Waals surface area contributed by atoms with Crippen molar-refractivity contribution in [2.45, 2.75) is 26.2 Å². The summed E-state index contributed by atoms with van der Waals surface area (Å²) in [6, 6.07) is 8.06. The average Bonchev–Trinajstić information content (AvgIpc) is 3.24. The quantitative estimate of drug-likeness (QED) is 0.791. The predicted octanol–water partition coefficient (Wildman–Crippen LogP) is 2.33. The Morgan fingerprint density at radius 1 is 1.13 bits per heavy atom. The fourth-order valence-corrected chi connectivity index (χ4v) is 4.54. The Hall–Kier alpha value is -2.74. The second kappa shape index (κ2) is 9.60. The zero-order chi connectivity index (χ0) is 21.8. The van der Waals surface area contributed by atoms with E-state index in [9.17, 15) is 14.0 Å². The molecule has 0 spiro atoms. The first-order chi connectivity index (χ1) is 15.0. The molecule has 2 aromatic rings. The number of hydrogen-bond donors (Lipinski definition) is 1. The van der Waals surface area contributed by atoms with Gasteiger partial charge >= 0.3 is 0 Å². The smallest absolute Gasteiger partial charge is 0.222 e. The Labute approximate surface area is 181 Å². The molecule has 2 aliphatic heterocycles. The minimum Gasteiger partial charge on any atom is -0.356 e. The minimum absolute atomic E-state index is 0.0677. The predicted molar refractivity (Wildman–Crippen MR) is 114 cm³/mol. The summed E-state index contributed by atoms with van der Waals surface area (Å²) >= 11 is 0. The van der Waals surface area contributed by atoms with Crippen LogP contribution < -0.4 is 5.32 Å². The van der Waals surface area contributed by atoms with E-state index in [1.807, 2.05) is 11.0 Å². The van der Waals surface area contributed by atoms with Gasteiger partial charge in [-0.2, -0.15) is 0 Å². The van der Waals surface area contributed by atoms with Crippen LogP contribution in [0, 0.1) is 17.7 Å². The number of amides is 2. The Kier molecular flexibility index (Phi) is 6.65. The van der Waals surface area contributed by atoms with Gasteiger partial charge in [-0.1, -0.05) is 5.16 Å². The van der Waals surface area contributed by atoms with E-state index in [2.05, 4.69) is 10.5 Å². The number of nitrogens with one attached hydrogen (secondary N) is 1. The van der Waals surface area contributed by atoms with Gasteiger partial charge in [0.25, 0.3) is 0 Å². The van der Waals surface area contributed by atoms with Crippen molar-refractivity contribution in [2.24, 2.45) is 11.8 Å². The Morgan fingerprint density at radius 2 is 1.84 bits per heavy atom. The number of benzene rings is 1. The fourth-order valence-electron chi connectivity index (χ4n) is 4.54. The number of aromatic nitrogens is 1. The summed E-state index contributed by atoms with van der Waals surface area (Å²) in [5.41, 5.74) is 1.64. The van der Waals surface area contributed by atoms with E-state index in [0.717, 1.165) is 37.2 Å². The molecule has 4 rings (SSSR count). The number of piperazine rings is 1. The number of halogens is 1. The highest BCUT2D eigenvalue weighted by atomic mass is 19.1. The highest BCUT2D eigenvalue weighted by Gasteiger charge is 2.31. The Balaban J connectivity index is 1.35.